The maximum atomic E-state index is 13.3. The second-order valence-corrected chi connectivity index (χ2v) is 4.31. The molecule has 0 bridgehead atoms. The van der Waals surface area contributed by atoms with Crippen molar-refractivity contribution >= 4 is 17.4 Å². The first-order chi connectivity index (χ1) is 8.27. The molecule has 1 N–H and O–H groups in total. The molecular weight excluding hydrogens is 239 g/mol. The minimum atomic E-state index is -0.237. The summed E-state index contributed by atoms with van der Waals surface area (Å²) in [5.41, 5.74) is 0.608. The summed E-state index contributed by atoms with van der Waals surface area (Å²) in [5.74, 6) is -0.400. The third-order valence-corrected chi connectivity index (χ3v) is 3.04. The van der Waals surface area contributed by atoms with Gasteiger partial charge in [-0.1, -0.05) is 18.2 Å². The molecule has 0 aliphatic carbocycles. The molecular formula is C12H11FN2OS. The second kappa shape index (κ2) is 5.54. The van der Waals surface area contributed by atoms with Gasteiger partial charge in [-0.2, -0.15) is 0 Å². The molecule has 0 aliphatic heterocycles. The van der Waals surface area contributed by atoms with Gasteiger partial charge in [0.15, 0.2) is 0 Å². The molecule has 0 unspecified atom stereocenters. The first-order valence-electron chi connectivity index (χ1n) is 5.19. The number of halogens is 1. The van der Waals surface area contributed by atoms with Crippen molar-refractivity contribution in [3.05, 3.63) is 52.8 Å². The Bertz CT molecular complexity index is 499. The molecule has 17 heavy (non-hydrogen) atoms. The van der Waals surface area contributed by atoms with E-state index < -0.39 is 0 Å². The molecule has 1 aromatic heterocycles. The summed E-state index contributed by atoms with van der Waals surface area (Å²) in [6, 6.07) is 8.22. The highest BCUT2D eigenvalue weighted by Crippen LogP contribution is 2.07. The lowest BCUT2D eigenvalue weighted by molar-refractivity contribution is 0.0958. The van der Waals surface area contributed by atoms with Gasteiger partial charge < -0.3 is 5.32 Å². The van der Waals surface area contributed by atoms with Crippen LogP contribution in [0.15, 0.2) is 36.5 Å². The predicted octanol–water partition coefficient (Wildman–Crippen LogP) is 2.25. The number of carbonyl (C=O) groups is 1. The third kappa shape index (κ3) is 3.10. The summed E-state index contributed by atoms with van der Waals surface area (Å²) in [6.07, 6.45) is 2.06. The van der Waals surface area contributed by atoms with Crippen molar-refractivity contribution in [2.45, 2.75) is 6.42 Å². The number of amides is 1. The number of hydrogen-bond acceptors (Lipinski definition) is 3. The maximum absolute atomic E-state index is 13.3. The highest BCUT2D eigenvalue weighted by Gasteiger charge is 2.07. The molecule has 2 aromatic rings. The van der Waals surface area contributed by atoms with E-state index in [9.17, 15) is 9.18 Å². The lowest BCUT2D eigenvalue weighted by Crippen LogP contribution is -2.25. The SMILES string of the molecule is O=C(NCCc1ccccc1F)c1ccns1. The number of nitrogens with one attached hydrogen (secondary N) is 1. The Morgan fingerprint density at radius 2 is 2.18 bits per heavy atom. The summed E-state index contributed by atoms with van der Waals surface area (Å²) >= 11 is 1.14. The Kier molecular flexibility index (Phi) is 3.82. The van der Waals surface area contributed by atoms with E-state index in [1.54, 1.807) is 30.5 Å². The standard InChI is InChI=1S/C12H11FN2OS/c13-10-4-2-1-3-9(10)5-7-14-12(16)11-6-8-15-17-11/h1-4,6,8H,5,7H2,(H,14,16). The highest BCUT2D eigenvalue weighted by molar-refractivity contribution is 7.08. The van der Waals surface area contributed by atoms with E-state index in [0.29, 0.717) is 23.4 Å². The monoisotopic (exact) mass is 250 g/mol. The minimum Gasteiger partial charge on any atom is -0.351 e. The van der Waals surface area contributed by atoms with Gasteiger partial charge in [0.2, 0.25) is 0 Å². The molecule has 0 saturated heterocycles. The Balaban J connectivity index is 1.84. The summed E-state index contributed by atoms with van der Waals surface area (Å²) in [5, 5.41) is 2.73. The summed E-state index contributed by atoms with van der Waals surface area (Å²) in [4.78, 5) is 12.1. The van der Waals surface area contributed by atoms with Gasteiger partial charge in [0.05, 0.1) is 0 Å². The number of hydrogen-bond donors (Lipinski definition) is 1. The van der Waals surface area contributed by atoms with E-state index >= 15 is 0 Å². The summed E-state index contributed by atoms with van der Waals surface area (Å²) < 4.78 is 17.1. The van der Waals surface area contributed by atoms with Crippen LogP contribution in [0.5, 0.6) is 0 Å². The summed E-state index contributed by atoms with van der Waals surface area (Å²) in [6.45, 7) is 0.414. The van der Waals surface area contributed by atoms with Crippen LogP contribution in [-0.2, 0) is 6.42 Å². The van der Waals surface area contributed by atoms with Crippen LogP contribution < -0.4 is 5.32 Å². The molecule has 2 rings (SSSR count). The molecule has 5 heteroatoms. The van der Waals surface area contributed by atoms with Crippen LogP contribution in [0.2, 0.25) is 0 Å². The molecule has 1 amide bonds. The van der Waals surface area contributed by atoms with Crippen LogP contribution in [0.25, 0.3) is 0 Å². The molecule has 1 aromatic carbocycles. The fraction of sp³-hybridized carbons (Fsp3) is 0.167. The van der Waals surface area contributed by atoms with E-state index in [-0.39, 0.29) is 11.7 Å². The van der Waals surface area contributed by atoms with Gasteiger partial charge in [-0.05, 0) is 35.6 Å². The third-order valence-electron chi connectivity index (χ3n) is 2.30. The van der Waals surface area contributed by atoms with Crippen molar-refractivity contribution in [3.63, 3.8) is 0 Å². The lowest BCUT2D eigenvalue weighted by Gasteiger charge is -2.04. The van der Waals surface area contributed by atoms with E-state index in [1.165, 1.54) is 6.07 Å². The average molecular weight is 250 g/mol. The zero-order chi connectivity index (χ0) is 12.1. The van der Waals surface area contributed by atoms with E-state index in [4.69, 9.17) is 0 Å². The topological polar surface area (TPSA) is 42.0 Å². The number of carbonyl (C=O) groups excluding carboxylic acids is 1. The van der Waals surface area contributed by atoms with Crippen LogP contribution in [0.1, 0.15) is 15.2 Å². The maximum Gasteiger partial charge on any atom is 0.262 e. The van der Waals surface area contributed by atoms with Crippen LogP contribution in [0, 0.1) is 5.82 Å². The molecule has 0 aliphatic rings. The van der Waals surface area contributed by atoms with Gasteiger partial charge in [-0.25, -0.2) is 8.76 Å². The number of aromatic nitrogens is 1. The fourth-order valence-electron chi connectivity index (χ4n) is 1.43. The van der Waals surface area contributed by atoms with Crippen molar-refractivity contribution < 1.29 is 9.18 Å². The van der Waals surface area contributed by atoms with Gasteiger partial charge in [0, 0.05) is 12.7 Å². The Morgan fingerprint density at radius 3 is 2.88 bits per heavy atom. The zero-order valence-corrected chi connectivity index (χ0v) is 9.84. The van der Waals surface area contributed by atoms with Crippen molar-refractivity contribution in [1.29, 1.82) is 0 Å². The van der Waals surface area contributed by atoms with Gasteiger partial charge in [0.1, 0.15) is 10.7 Å². The van der Waals surface area contributed by atoms with Gasteiger partial charge in [-0.3, -0.25) is 4.79 Å². The summed E-state index contributed by atoms with van der Waals surface area (Å²) in [7, 11) is 0. The molecule has 0 saturated carbocycles. The number of benzene rings is 1. The largest absolute Gasteiger partial charge is 0.351 e. The smallest absolute Gasteiger partial charge is 0.262 e. The first kappa shape index (κ1) is 11.7. The van der Waals surface area contributed by atoms with Gasteiger partial charge in [-0.15, -0.1) is 0 Å². The lowest BCUT2D eigenvalue weighted by atomic mass is 10.1. The molecule has 0 spiro atoms. The molecule has 0 radical (unpaired) electrons. The van der Waals surface area contributed by atoms with Crippen molar-refractivity contribution in [3.8, 4) is 0 Å². The van der Waals surface area contributed by atoms with Crippen molar-refractivity contribution in [2.75, 3.05) is 6.54 Å². The highest BCUT2D eigenvalue weighted by atomic mass is 32.1. The number of nitrogens with zero attached hydrogens (tertiary/aromatic N) is 1. The van der Waals surface area contributed by atoms with Crippen LogP contribution in [-0.4, -0.2) is 16.8 Å². The Labute approximate surface area is 102 Å². The molecule has 88 valence electrons. The van der Waals surface area contributed by atoms with Crippen LogP contribution in [0.4, 0.5) is 4.39 Å². The van der Waals surface area contributed by atoms with Gasteiger partial charge in [0.25, 0.3) is 5.91 Å². The molecule has 0 atom stereocenters. The van der Waals surface area contributed by atoms with Crippen LogP contribution >= 0.6 is 11.5 Å². The Morgan fingerprint density at radius 1 is 1.35 bits per heavy atom. The predicted molar refractivity (Wildman–Crippen MR) is 64.6 cm³/mol. The molecule has 1 heterocycles. The average Bonchev–Trinajstić information content (AvgIpc) is 2.85. The molecule has 3 nitrogen and oxygen atoms in total. The van der Waals surface area contributed by atoms with Gasteiger partial charge >= 0.3 is 0 Å². The molecule has 0 fully saturated rings. The Hall–Kier alpha value is -1.75. The second-order valence-electron chi connectivity index (χ2n) is 3.47. The van der Waals surface area contributed by atoms with E-state index in [1.807, 2.05) is 0 Å². The minimum absolute atomic E-state index is 0.163. The van der Waals surface area contributed by atoms with E-state index in [0.717, 1.165) is 11.5 Å². The normalized spacial score (nSPS) is 10.2. The van der Waals surface area contributed by atoms with Crippen molar-refractivity contribution in [1.82, 2.24) is 9.69 Å². The number of rotatable bonds is 4. The van der Waals surface area contributed by atoms with Crippen molar-refractivity contribution in [2.24, 2.45) is 0 Å². The zero-order valence-electron chi connectivity index (χ0n) is 9.02. The fourth-order valence-corrected chi connectivity index (χ4v) is 1.94. The first-order valence-corrected chi connectivity index (χ1v) is 5.97. The quantitative estimate of drug-likeness (QED) is 0.904. The van der Waals surface area contributed by atoms with Crippen LogP contribution in [0.3, 0.4) is 0 Å². The van der Waals surface area contributed by atoms with E-state index in [2.05, 4.69) is 9.69 Å².